The first kappa shape index (κ1) is 10.2. The Hall–Kier alpha value is -1.92. The van der Waals surface area contributed by atoms with E-state index in [1.54, 1.807) is 6.20 Å². The van der Waals surface area contributed by atoms with Gasteiger partial charge in [0, 0.05) is 12.7 Å². The maximum atomic E-state index is 11.1. The number of amides is 1. The molecule has 0 saturated carbocycles. The largest absolute Gasteiger partial charge is 0.481 e. The molecular weight excluding hydrogens is 188 g/mol. The van der Waals surface area contributed by atoms with Gasteiger partial charge < -0.3 is 10.4 Å². The van der Waals surface area contributed by atoms with Crippen LogP contribution in [0.15, 0.2) is 12.4 Å². The van der Waals surface area contributed by atoms with E-state index in [1.165, 1.54) is 10.9 Å². The van der Waals surface area contributed by atoms with Crippen LogP contribution >= 0.6 is 0 Å². The standard InChI is InChI=1S/C7H10N4O3/c12-6(8-2-1-7(13)14)5-11-4-3-9-10-11/h3-4H,1-2,5H2,(H,8,12)(H,13,14). The van der Waals surface area contributed by atoms with Crippen LogP contribution < -0.4 is 5.32 Å². The molecule has 7 nitrogen and oxygen atoms in total. The van der Waals surface area contributed by atoms with Crippen molar-refractivity contribution >= 4 is 11.9 Å². The molecule has 0 unspecified atom stereocenters. The van der Waals surface area contributed by atoms with Gasteiger partial charge in [-0.15, -0.1) is 5.10 Å². The Bertz CT molecular complexity index is 309. The van der Waals surface area contributed by atoms with Crippen molar-refractivity contribution in [3.63, 3.8) is 0 Å². The third kappa shape index (κ3) is 3.65. The fourth-order valence-electron chi connectivity index (χ4n) is 0.829. The third-order valence-corrected chi connectivity index (χ3v) is 1.44. The second-order valence-electron chi connectivity index (χ2n) is 2.59. The zero-order valence-corrected chi connectivity index (χ0v) is 7.38. The molecule has 0 fully saturated rings. The van der Waals surface area contributed by atoms with Gasteiger partial charge in [0.05, 0.1) is 12.6 Å². The molecule has 0 saturated heterocycles. The van der Waals surface area contributed by atoms with Crippen molar-refractivity contribution in [2.24, 2.45) is 0 Å². The summed E-state index contributed by atoms with van der Waals surface area (Å²) in [5.41, 5.74) is 0. The highest BCUT2D eigenvalue weighted by molar-refractivity contribution is 5.76. The summed E-state index contributed by atoms with van der Waals surface area (Å²) in [6.07, 6.45) is 2.93. The highest BCUT2D eigenvalue weighted by Gasteiger charge is 2.03. The first-order valence-corrected chi connectivity index (χ1v) is 4.01. The number of hydrogen-bond acceptors (Lipinski definition) is 4. The quantitative estimate of drug-likeness (QED) is 0.623. The molecular formula is C7H10N4O3. The number of carbonyl (C=O) groups excluding carboxylic acids is 1. The maximum absolute atomic E-state index is 11.1. The van der Waals surface area contributed by atoms with E-state index in [0.717, 1.165) is 0 Å². The molecule has 0 aromatic carbocycles. The van der Waals surface area contributed by atoms with Crippen molar-refractivity contribution in [2.75, 3.05) is 6.54 Å². The molecule has 0 aliphatic carbocycles. The van der Waals surface area contributed by atoms with Gasteiger partial charge in [0.25, 0.3) is 0 Å². The molecule has 1 aromatic rings. The predicted molar refractivity (Wildman–Crippen MR) is 45.3 cm³/mol. The Balaban J connectivity index is 2.20. The van der Waals surface area contributed by atoms with Gasteiger partial charge in [-0.1, -0.05) is 5.21 Å². The van der Waals surface area contributed by atoms with E-state index < -0.39 is 5.97 Å². The number of carbonyl (C=O) groups is 2. The smallest absolute Gasteiger partial charge is 0.305 e. The van der Waals surface area contributed by atoms with Crippen LogP contribution in [0.1, 0.15) is 6.42 Å². The van der Waals surface area contributed by atoms with E-state index >= 15 is 0 Å². The molecule has 0 atom stereocenters. The maximum Gasteiger partial charge on any atom is 0.305 e. The van der Waals surface area contributed by atoms with Gasteiger partial charge in [0.2, 0.25) is 5.91 Å². The molecule has 0 aliphatic heterocycles. The molecule has 1 heterocycles. The van der Waals surface area contributed by atoms with E-state index in [9.17, 15) is 9.59 Å². The van der Waals surface area contributed by atoms with Gasteiger partial charge >= 0.3 is 5.97 Å². The highest BCUT2D eigenvalue weighted by atomic mass is 16.4. The Morgan fingerprint density at radius 2 is 2.29 bits per heavy atom. The number of aliphatic carboxylic acids is 1. The van der Waals surface area contributed by atoms with Gasteiger partial charge in [-0.25, -0.2) is 4.68 Å². The third-order valence-electron chi connectivity index (χ3n) is 1.44. The van der Waals surface area contributed by atoms with Crippen LogP contribution in [0.5, 0.6) is 0 Å². The zero-order chi connectivity index (χ0) is 10.4. The summed E-state index contributed by atoms with van der Waals surface area (Å²) in [6.45, 7) is 0.183. The van der Waals surface area contributed by atoms with Crippen LogP contribution in [0.25, 0.3) is 0 Å². The second-order valence-corrected chi connectivity index (χ2v) is 2.59. The molecule has 1 amide bonds. The van der Waals surface area contributed by atoms with Crippen molar-refractivity contribution in [3.05, 3.63) is 12.4 Å². The van der Waals surface area contributed by atoms with Crippen molar-refractivity contribution in [1.82, 2.24) is 20.3 Å². The van der Waals surface area contributed by atoms with Crippen LogP contribution in [0.4, 0.5) is 0 Å². The summed E-state index contributed by atoms with van der Waals surface area (Å²) < 4.78 is 1.36. The van der Waals surface area contributed by atoms with Gasteiger partial charge in [0.15, 0.2) is 0 Å². The molecule has 14 heavy (non-hydrogen) atoms. The van der Waals surface area contributed by atoms with E-state index in [-0.39, 0.29) is 25.4 Å². The van der Waals surface area contributed by atoms with E-state index in [2.05, 4.69) is 15.6 Å². The van der Waals surface area contributed by atoms with Crippen LogP contribution in [-0.4, -0.2) is 38.5 Å². The molecule has 7 heteroatoms. The Kier molecular flexibility index (Phi) is 3.59. The summed E-state index contributed by atoms with van der Waals surface area (Å²) in [6, 6.07) is 0. The van der Waals surface area contributed by atoms with Gasteiger partial charge in [-0.3, -0.25) is 9.59 Å². The average Bonchev–Trinajstić information content (AvgIpc) is 2.56. The minimum atomic E-state index is -0.939. The summed E-state index contributed by atoms with van der Waals surface area (Å²) in [5.74, 6) is -1.22. The van der Waals surface area contributed by atoms with Crippen molar-refractivity contribution in [1.29, 1.82) is 0 Å². The molecule has 0 aliphatic rings. The number of nitrogens with one attached hydrogen (secondary N) is 1. The molecule has 76 valence electrons. The summed E-state index contributed by atoms with van der Waals surface area (Å²) in [7, 11) is 0. The second kappa shape index (κ2) is 4.95. The lowest BCUT2D eigenvalue weighted by molar-refractivity contribution is -0.136. The topological polar surface area (TPSA) is 97.1 Å². The Labute approximate surface area is 79.7 Å². The minimum Gasteiger partial charge on any atom is -0.481 e. The first-order chi connectivity index (χ1) is 6.68. The molecule has 1 aromatic heterocycles. The number of carboxylic acids is 1. The summed E-state index contributed by atoms with van der Waals surface area (Å²) >= 11 is 0. The van der Waals surface area contributed by atoms with Crippen molar-refractivity contribution < 1.29 is 14.7 Å². The van der Waals surface area contributed by atoms with Crippen LogP contribution in [0.3, 0.4) is 0 Å². The minimum absolute atomic E-state index is 0.0552. The molecule has 0 radical (unpaired) electrons. The summed E-state index contributed by atoms with van der Waals surface area (Å²) in [5, 5.41) is 17.9. The Morgan fingerprint density at radius 1 is 1.50 bits per heavy atom. The van der Waals surface area contributed by atoms with Crippen LogP contribution in [0, 0.1) is 0 Å². The molecule has 0 spiro atoms. The lowest BCUT2D eigenvalue weighted by atomic mass is 10.4. The lowest BCUT2D eigenvalue weighted by Crippen LogP contribution is -2.29. The SMILES string of the molecule is O=C(O)CCNC(=O)Cn1ccnn1. The van der Waals surface area contributed by atoms with E-state index in [4.69, 9.17) is 5.11 Å². The zero-order valence-electron chi connectivity index (χ0n) is 7.38. The van der Waals surface area contributed by atoms with Crippen LogP contribution in [0.2, 0.25) is 0 Å². The number of aromatic nitrogens is 3. The Morgan fingerprint density at radius 3 is 2.86 bits per heavy atom. The van der Waals surface area contributed by atoms with Crippen molar-refractivity contribution in [2.45, 2.75) is 13.0 Å². The molecule has 1 rings (SSSR count). The van der Waals surface area contributed by atoms with Gasteiger partial charge in [0.1, 0.15) is 6.54 Å². The van der Waals surface area contributed by atoms with Crippen LogP contribution in [-0.2, 0) is 16.1 Å². The number of rotatable bonds is 5. The average molecular weight is 198 g/mol. The van der Waals surface area contributed by atoms with Gasteiger partial charge in [-0.2, -0.15) is 0 Å². The number of nitrogens with zero attached hydrogens (tertiary/aromatic N) is 3. The normalized spacial score (nSPS) is 9.71. The number of carboxylic acid groups (broad SMARTS) is 1. The van der Waals surface area contributed by atoms with Gasteiger partial charge in [-0.05, 0) is 0 Å². The molecule has 2 N–H and O–H groups in total. The molecule has 0 bridgehead atoms. The van der Waals surface area contributed by atoms with E-state index in [0.29, 0.717) is 0 Å². The highest BCUT2D eigenvalue weighted by Crippen LogP contribution is 1.82. The fourth-order valence-corrected chi connectivity index (χ4v) is 0.829. The summed E-state index contributed by atoms with van der Waals surface area (Å²) in [4.78, 5) is 21.2. The number of hydrogen-bond donors (Lipinski definition) is 2. The monoisotopic (exact) mass is 198 g/mol. The predicted octanol–water partition coefficient (Wildman–Crippen LogP) is -1.13. The van der Waals surface area contributed by atoms with Crippen molar-refractivity contribution in [3.8, 4) is 0 Å². The fraction of sp³-hybridized carbons (Fsp3) is 0.429. The first-order valence-electron chi connectivity index (χ1n) is 4.01. The lowest BCUT2D eigenvalue weighted by Gasteiger charge is -2.02. The van der Waals surface area contributed by atoms with E-state index in [1.807, 2.05) is 0 Å².